The van der Waals surface area contributed by atoms with Crippen molar-refractivity contribution >= 4 is 17.8 Å². The van der Waals surface area contributed by atoms with Crippen LogP contribution in [0.25, 0.3) is 11.1 Å². The minimum Gasteiger partial charge on any atom is -0.482 e. The van der Waals surface area contributed by atoms with Crippen LogP contribution in [0.15, 0.2) is 35.6 Å². The fourth-order valence-electron chi connectivity index (χ4n) is 3.82. The van der Waals surface area contributed by atoms with E-state index >= 15 is 0 Å². The quantitative estimate of drug-likeness (QED) is 0.569. The highest BCUT2D eigenvalue weighted by Gasteiger charge is 2.29. The van der Waals surface area contributed by atoms with E-state index in [1.165, 1.54) is 16.8 Å². The zero-order valence-corrected chi connectivity index (χ0v) is 16.7. The molecule has 1 atom stereocenters. The zero-order chi connectivity index (χ0) is 21.7. The number of halogens is 1. The number of hydrogen-bond donors (Lipinski definition) is 2. The summed E-state index contributed by atoms with van der Waals surface area (Å²) in [5, 5.41) is 21.9. The molecule has 1 aromatic carbocycles. The van der Waals surface area contributed by atoms with Gasteiger partial charge in [0.2, 0.25) is 0 Å². The van der Waals surface area contributed by atoms with E-state index < -0.39 is 11.9 Å². The summed E-state index contributed by atoms with van der Waals surface area (Å²) in [6.45, 7) is 2.10. The first-order valence-corrected chi connectivity index (χ1v) is 9.49. The van der Waals surface area contributed by atoms with E-state index in [-0.39, 0.29) is 5.82 Å². The van der Waals surface area contributed by atoms with Gasteiger partial charge in [0, 0.05) is 29.9 Å². The lowest BCUT2D eigenvalue weighted by Crippen LogP contribution is -2.43. The molecular formula is C20H18FN9O. The Morgan fingerprint density at radius 3 is 3.00 bits per heavy atom. The molecule has 2 aliphatic heterocycles. The van der Waals surface area contributed by atoms with Gasteiger partial charge in [-0.25, -0.2) is 14.4 Å². The number of nitriles is 1. The molecule has 0 saturated heterocycles. The molecule has 2 aliphatic rings. The zero-order valence-electron chi connectivity index (χ0n) is 16.7. The highest BCUT2D eigenvalue weighted by molar-refractivity contribution is 5.75. The lowest BCUT2D eigenvalue weighted by Gasteiger charge is -2.31. The van der Waals surface area contributed by atoms with Crippen molar-refractivity contribution in [3.05, 3.63) is 53.2 Å². The number of nitrogens with two attached hydrogens (primary N) is 1. The lowest BCUT2D eigenvalue weighted by molar-refractivity contribution is 0.226. The topological polar surface area (TPSA) is 121 Å². The predicted molar refractivity (Wildman–Crippen MR) is 111 cm³/mol. The molecule has 10 nitrogen and oxygen atoms in total. The Bertz CT molecular complexity index is 1260. The van der Waals surface area contributed by atoms with Crippen molar-refractivity contribution in [1.82, 2.24) is 25.3 Å². The number of nitrogens with zero attached hydrogens (tertiary/aromatic N) is 7. The smallest absolute Gasteiger partial charge is 0.166 e. The Labute approximate surface area is 176 Å². The number of nitrogens with one attached hydrogen (secondary N) is 1. The van der Waals surface area contributed by atoms with Crippen molar-refractivity contribution in [3.8, 4) is 22.9 Å². The SMILES string of the molecule is C[C@H]1Oc2cc(cnc2N)-c2c(nn(C)c2C#N)CN2C=NNN2c2ccc(F)cc21. The number of benzene rings is 1. The van der Waals surface area contributed by atoms with E-state index in [0.717, 1.165) is 0 Å². The van der Waals surface area contributed by atoms with E-state index in [0.29, 0.717) is 46.1 Å². The molecule has 0 radical (unpaired) electrons. The second-order valence-corrected chi connectivity index (χ2v) is 7.23. The van der Waals surface area contributed by atoms with Crippen LogP contribution in [0, 0.1) is 17.1 Å². The molecule has 0 saturated carbocycles. The van der Waals surface area contributed by atoms with E-state index in [2.05, 4.69) is 26.8 Å². The molecule has 156 valence electrons. The molecule has 0 spiro atoms. The van der Waals surface area contributed by atoms with E-state index in [1.54, 1.807) is 48.8 Å². The van der Waals surface area contributed by atoms with Crippen LogP contribution in [-0.2, 0) is 13.6 Å². The summed E-state index contributed by atoms with van der Waals surface area (Å²) >= 11 is 0. The van der Waals surface area contributed by atoms with Gasteiger partial charge in [0.05, 0.1) is 17.9 Å². The number of hydrazine groups is 2. The fraction of sp³-hybridized carbons (Fsp3) is 0.200. The third kappa shape index (κ3) is 2.96. The maximum absolute atomic E-state index is 14.1. The maximum atomic E-state index is 14.1. The van der Waals surface area contributed by atoms with Crippen LogP contribution < -0.4 is 21.1 Å². The molecule has 2 bridgehead atoms. The lowest BCUT2D eigenvalue weighted by atomic mass is 10.0. The Balaban J connectivity index is 1.76. The van der Waals surface area contributed by atoms with Gasteiger partial charge in [-0.15, -0.1) is 5.10 Å². The first-order valence-electron chi connectivity index (χ1n) is 9.49. The summed E-state index contributed by atoms with van der Waals surface area (Å²) in [7, 11) is 1.71. The van der Waals surface area contributed by atoms with Crippen molar-refractivity contribution in [1.29, 1.82) is 5.26 Å². The Morgan fingerprint density at radius 1 is 1.35 bits per heavy atom. The number of nitrogen functional groups attached to an aromatic ring is 1. The first-order chi connectivity index (χ1) is 15.0. The van der Waals surface area contributed by atoms with Gasteiger partial charge in [-0.3, -0.25) is 4.68 Å². The third-order valence-electron chi connectivity index (χ3n) is 5.27. The average Bonchev–Trinajstić information content (AvgIpc) is 3.32. The number of hydrazone groups is 1. The van der Waals surface area contributed by atoms with Crippen molar-refractivity contribution < 1.29 is 9.13 Å². The van der Waals surface area contributed by atoms with Crippen LogP contribution in [0.2, 0.25) is 0 Å². The van der Waals surface area contributed by atoms with Gasteiger partial charge in [-0.2, -0.15) is 21.0 Å². The highest BCUT2D eigenvalue weighted by Crippen LogP contribution is 2.37. The van der Waals surface area contributed by atoms with Crippen molar-refractivity contribution in [2.45, 2.75) is 19.6 Å². The number of aromatic nitrogens is 3. The molecule has 0 aliphatic carbocycles. The number of anilines is 2. The van der Waals surface area contributed by atoms with Crippen molar-refractivity contribution in [3.63, 3.8) is 0 Å². The Kier molecular flexibility index (Phi) is 4.14. The number of ether oxygens (including phenoxy) is 1. The van der Waals surface area contributed by atoms with Crippen LogP contribution in [0.4, 0.5) is 15.9 Å². The van der Waals surface area contributed by atoms with Gasteiger partial charge in [0.15, 0.2) is 11.6 Å². The molecule has 4 heterocycles. The minimum atomic E-state index is -0.558. The number of pyridine rings is 1. The molecule has 3 N–H and O–H groups in total. The average molecular weight is 419 g/mol. The molecule has 0 unspecified atom stereocenters. The maximum Gasteiger partial charge on any atom is 0.166 e. The number of rotatable bonds is 0. The molecular weight excluding hydrogens is 401 g/mol. The third-order valence-corrected chi connectivity index (χ3v) is 5.27. The molecule has 5 rings (SSSR count). The van der Waals surface area contributed by atoms with Crippen LogP contribution in [-0.4, -0.2) is 26.1 Å². The second kappa shape index (κ2) is 6.88. The normalized spacial score (nSPS) is 16.8. The van der Waals surface area contributed by atoms with Gasteiger partial charge >= 0.3 is 0 Å². The summed E-state index contributed by atoms with van der Waals surface area (Å²) in [5.74, 6) is 0.138. The summed E-state index contributed by atoms with van der Waals surface area (Å²) in [5.41, 5.74) is 12.5. The minimum absolute atomic E-state index is 0.193. The van der Waals surface area contributed by atoms with Crippen molar-refractivity contribution in [2.75, 3.05) is 10.9 Å². The van der Waals surface area contributed by atoms with E-state index in [9.17, 15) is 9.65 Å². The van der Waals surface area contributed by atoms with Crippen LogP contribution in [0.5, 0.6) is 5.75 Å². The monoisotopic (exact) mass is 419 g/mol. The molecule has 0 fully saturated rings. The molecule has 0 amide bonds. The van der Waals surface area contributed by atoms with Crippen molar-refractivity contribution in [2.24, 2.45) is 12.1 Å². The van der Waals surface area contributed by atoms with Gasteiger partial charge in [0.25, 0.3) is 0 Å². The van der Waals surface area contributed by atoms with Gasteiger partial charge < -0.3 is 10.5 Å². The fourth-order valence-corrected chi connectivity index (χ4v) is 3.82. The standard InChI is InChI=1S/C20H18FN9O/c1-11-14-6-13(21)3-4-16(14)30-27-25-10-29(30)9-15-19(17(7-22)28(2)26-15)12-5-18(31-11)20(23)24-8-12/h3-6,8,10-11,27H,9H2,1-2H3,(H2,23,24)/t11-/m1/s1. The van der Waals surface area contributed by atoms with Crippen LogP contribution >= 0.6 is 0 Å². The predicted octanol–water partition coefficient (Wildman–Crippen LogP) is 2.21. The number of fused-ring (bicyclic) bond motifs is 7. The summed E-state index contributed by atoms with van der Waals surface area (Å²) in [6.07, 6.45) is 2.63. The Morgan fingerprint density at radius 2 is 2.19 bits per heavy atom. The molecule has 2 aromatic heterocycles. The first kappa shape index (κ1) is 18.7. The second-order valence-electron chi connectivity index (χ2n) is 7.23. The van der Waals surface area contributed by atoms with Gasteiger partial charge in [-0.1, -0.05) is 0 Å². The van der Waals surface area contributed by atoms with E-state index in [4.69, 9.17) is 10.5 Å². The van der Waals surface area contributed by atoms with Crippen LogP contribution in [0.1, 0.15) is 30.0 Å². The number of aryl methyl sites for hydroxylation is 1. The van der Waals surface area contributed by atoms with Gasteiger partial charge in [0.1, 0.15) is 30.0 Å². The molecule has 31 heavy (non-hydrogen) atoms. The summed E-state index contributed by atoms with van der Waals surface area (Å²) < 4.78 is 21.8. The van der Waals surface area contributed by atoms with E-state index in [1.807, 2.05) is 0 Å². The summed E-state index contributed by atoms with van der Waals surface area (Å²) in [4.78, 5) is 4.26. The number of hydrogen-bond acceptors (Lipinski definition) is 9. The highest BCUT2D eigenvalue weighted by atomic mass is 19.1. The largest absolute Gasteiger partial charge is 0.482 e. The summed E-state index contributed by atoms with van der Waals surface area (Å²) in [6, 6.07) is 8.36. The Hall–Kier alpha value is -4.33. The van der Waals surface area contributed by atoms with Gasteiger partial charge in [-0.05, 0) is 31.2 Å². The molecule has 3 aromatic rings. The molecule has 11 heteroatoms. The van der Waals surface area contributed by atoms with Crippen LogP contribution in [0.3, 0.4) is 0 Å².